The van der Waals surface area contributed by atoms with Crippen LogP contribution in [0.15, 0.2) is 35.3 Å². The molecule has 3 rings (SSSR count). The smallest absolute Gasteiger partial charge is 0.395 e. The molecule has 0 amide bonds. The number of rotatable bonds is 6. The van der Waals surface area contributed by atoms with Gasteiger partial charge in [-0.3, -0.25) is 9.36 Å². The number of carbonyl (C=O) groups excluding carboxylic acids is 1. The first-order valence-electron chi connectivity index (χ1n) is 11.5. The molecule has 0 N–H and O–H groups in total. The van der Waals surface area contributed by atoms with Crippen LogP contribution in [0, 0.1) is 5.92 Å². The summed E-state index contributed by atoms with van der Waals surface area (Å²) in [5.41, 5.74) is -0.901. The molecule has 6 nitrogen and oxygen atoms in total. The van der Waals surface area contributed by atoms with E-state index < -0.39 is 54.6 Å². The monoisotopic (exact) mass is 551 g/mol. The highest BCUT2D eigenvalue weighted by Crippen LogP contribution is 2.40. The number of ether oxygens (including phenoxy) is 3. The molecule has 1 aromatic heterocycles. The fourth-order valence-electron chi connectivity index (χ4n) is 4.04. The number of nitrogens with zero attached hydrogens (tertiary/aromatic N) is 1. The van der Waals surface area contributed by atoms with E-state index in [1.807, 2.05) is 0 Å². The number of fused-ring (bicyclic) bond motifs is 3. The van der Waals surface area contributed by atoms with Gasteiger partial charge in [0.25, 0.3) is 5.56 Å². The molecule has 1 aromatic carbocycles. The van der Waals surface area contributed by atoms with Crippen molar-refractivity contribution in [2.24, 2.45) is 5.92 Å². The lowest BCUT2D eigenvalue weighted by atomic mass is 9.91. The van der Waals surface area contributed by atoms with Crippen molar-refractivity contribution in [2.75, 3.05) is 6.61 Å². The Morgan fingerprint density at radius 2 is 1.86 bits per heavy atom. The molecule has 0 aliphatic carbocycles. The number of esters is 1. The Labute approximate surface area is 215 Å². The van der Waals surface area contributed by atoms with Gasteiger partial charge in [-0.05, 0) is 57.4 Å². The first-order chi connectivity index (χ1) is 17.0. The van der Waals surface area contributed by atoms with Crippen LogP contribution in [-0.2, 0) is 20.7 Å². The Morgan fingerprint density at radius 1 is 1.19 bits per heavy atom. The summed E-state index contributed by atoms with van der Waals surface area (Å²) in [7, 11) is 0. The topological polar surface area (TPSA) is 66.8 Å². The lowest BCUT2D eigenvalue weighted by molar-refractivity contribution is -0.181. The second-order valence-electron chi connectivity index (χ2n) is 9.84. The standard InChI is InChI=1S/C25H27ClF5NO5/c1-13(36-23(27)28)7-19(22(34)37-24(2,3)4)32-11-20-18(10-21(32)33)17-9-16(26)6-5-14(17)8-15(12-35-20)25(29,30)31/h5-6,9-11,13,15,19,23H,7-8,12H2,1-4H3/t13-,15+,19?/m0/s1. The van der Waals surface area contributed by atoms with Gasteiger partial charge in [-0.25, -0.2) is 4.79 Å². The quantitative estimate of drug-likeness (QED) is 0.317. The Bertz CT molecular complexity index is 1190. The van der Waals surface area contributed by atoms with Crippen LogP contribution >= 0.6 is 11.6 Å². The lowest BCUT2D eigenvalue weighted by Crippen LogP contribution is -2.37. The maximum atomic E-state index is 13.7. The number of carbonyl (C=O) groups is 1. The van der Waals surface area contributed by atoms with E-state index in [0.717, 1.165) is 16.8 Å². The Kier molecular flexibility index (Phi) is 8.58. The minimum absolute atomic E-state index is 0.104. The first kappa shape index (κ1) is 28.9. The van der Waals surface area contributed by atoms with Gasteiger partial charge in [0, 0.05) is 23.1 Å². The van der Waals surface area contributed by atoms with Crippen molar-refractivity contribution in [3.63, 3.8) is 0 Å². The van der Waals surface area contributed by atoms with Crippen molar-refractivity contribution in [3.8, 4) is 16.9 Å². The molecule has 0 saturated carbocycles. The van der Waals surface area contributed by atoms with Gasteiger partial charge in [-0.15, -0.1) is 0 Å². The Morgan fingerprint density at radius 3 is 2.46 bits per heavy atom. The number of hydrogen-bond donors (Lipinski definition) is 0. The predicted molar refractivity (Wildman–Crippen MR) is 126 cm³/mol. The Balaban J connectivity index is 2.15. The summed E-state index contributed by atoms with van der Waals surface area (Å²) < 4.78 is 82.9. The van der Waals surface area contributed by atoms with E-state index in [2.05, 4.69) is 4.74 Å². The van der Waals surface area contributed by atoms with Crippen molar-refractivity contribution in [2.45, 2.75) is 71.1 Å². The van der Waals surface area contributed by atoms with Crippen LogP contribution in [0.1, 0.15) is 45.7 Å². The van der Waals surface area contributed by atoms with Crippen molar-refractivity contribution in [1.29, 1.82) is 0 Å². The van der Waals surface area contributed by atoms with Crippen molar-refractivity contribution < 1.29 is 41.0 Å². The molecule has 0 saturated heterocycles. The van der Waals surface area contributed by atoms with Gasteiger partial charge in [0.05, 0.1) is 18.2 Å². The van der Waals surface area contributed by atoms with E-state index in [1.54, 1.807) is 20.8 Å². The molecule has 12 heteroatoms. The maximum absolute atomic E-state index is 13.7. The largest absolute Gasteiger partial charge is 0.491 e. The maximum Gasteiger partial charge on any atom is 0.395 e. The van der Waals surface area contributed by atoms with Crippen LogP contribution in [0.4, 0.5) is 22.0 Å². The predicted octanol–water partition coefficient (Wildman–Crippen LogP) is 6.18. The molecule has 1 aliphatic rings. The van der Waals surface area contributed by atoms with Gasteiger partial charge in [0.2, 0.25) is 0 Å². The third-order valence-electron chi connectivity index (χ3n) is 5.68. The number of pyridine rings is 1. The van der Waals surface area contributed by atoms with Gasteiger partial charge in [0.1, 0.15) is 24.0 Å². The van der Waals surface area contributed by atoms with Gasteiger partial charge >= 0.3 is 18.8 Å². The average molecular weight is 552 g/mol. The molecule has 1 unspecified atom stereocenters. The van der Waals surface area contributed by atoms with Crippen LogP contribution in [0.5, 0.6) is 5.75 Å². The zero-order chi connectivity index (χ0) is 27.7. The van der Waals surface area contributed by atoms with Crippen molar-refractivity contribution >= 4 is 17.6 Å². The molecular weight excluding hydrogens is 525 g/mol. The molecule has 3 atom stereocenters. The average Bonchev–Trinajstić information content (AvgIpc) is 2.72. The molecular formula is C25H27ClF5NO5. The highest BCUT2D eigenvalue weighted by atomic mass is 35.5. The molecule has 0 fully saturated rings. The summed E-state index contributed by atoms with van der Waals surface area (Å²) in [5, 5.41) is 0.239. The van der Waals surface area contributed by atoms with Crippen LogP contribution in [-0.4, -0.2) is 41.6 Å². The summed E-state index contributed by atoms with van der Waals surface area (Å²) in [6, 6.07) is 4.06. The second kappa shape index (κ2) is 11.0. The fraction of sp³-hybridized carbons (Fsp3) is 0.520. The normalized spacial score (nSPS) is 17.6. The summed E-state index contributed by atoms with van der Waals surface area (Å²) in [5.74, 6) is -2.85. The van der Waals surface area contributed by atoms with E-state index in [4.69, 9.17) is 21.1 Å². The number of alkyl halides is 5. The first-order valence-corrected chi connectivity index (χ1v) is 11.8. The Hall–Kier alpha value is -2.66. The van der Waals surface area contributed by atoms with Gasteiger partial charge in [-0.2, -0.15) is 22.0 Å². The number of hydrogen-bond acceptors (Lipinski definition) is 5. The minimum atomic E-state index is -4.57. The summed E-state index contributed by atoms with van der Waals surface area (Å²) in [6.45, 7) is 2.21. The molecule has 0 radical (unpaired) electrons. The zero-order valence-electron chi connectivity index (χ0n) is 20.6. The number of benzene rings is 1. The van der Waals surface area contributed by atoms with Crippen molar-refractivity contribution in [1.82, 2.24) is 4.57 Å². The van der Waals surface area contributed by atoms with E-state index in [1.165, 1.54) is 25.1 Å². The number of halogens is 6. The SMILES string of the molecule is C[C@@H](CC(C(=O)OC(C)(C)C)n1cc2c(cc1=O)-c1cc(Cl)ccc1C[C@@H](C(F)(F)F)CO2)OC(F)F. The van der Waals surface area contributed by atoms with E-state index >= 15 is 0 Å². The van der Waals surface area contributed by atoms with Crippen LogP contribution in [0.2, 0.25) is 5.02 Å². The number of aromatic nitrogens is 1. The molecule has 0 bridgehead atoms. The molecule has 0 spiro atoms. The van der Waals surface area contributed by atoms with Crippen LogP contribution in [0.3, 0.4) is 0 Å². The summed E-state index contributed by atoms with van der Waals surface area (Å²) >= 11 is 6.10. The summed E-state index contributed by atoms with van der Waals surface area (Å²) in [4.78, 5) is 26.2. The highest BCUT2D eigenvalue weighted by Gasteiger charge is 2.41. The van der Waals surface area contributed by atoms with Crippen molar-refractivity contribution in [3.05, 3.63) is 51.4 Å². The molecule has 2 heterocycles. The third kappa shape index (κ3) is 7.44. The van der Waals surface area contributed by atoms with E-state index in [0.29, 0.717) is 5.56 Å². The third-order valence-corrected chi connectivity index (χ3v) is 5.92. The molecule has 204 valence electrons. The zero-order valence-corrected chi connectivity index (χ0v) is 21.3. The molecule has 2 aromatic rings. The van der Waals surface area contributed by atoms with Crippen LogP contribution in [0.25, 0.3) is 11.1 Å². The van der Waals surface area contributed by atoms with E-state index in [9.17, 15) is 31.5 Å². The minimum Gasteiger partial charge on any atom is -0.491 e. The lowest BCUT2D eigenvalue weighted by Gasteiger charge is -2.29. The van der Waals surface area contributed by atoms with Gasteiger partial charge in [0.15, 0.2) is 0 Å². The van der Waals surface area contributed by atoms with Gasteiger partial charge < -0.3 is 14.2 Å². The van der Waals surface area contributed by atoms with Gasteiger partial charge in [-0.1, -0.05) is 17.7 Å². The highest BCUT2D eigenvalue weighted by molar-refractivity contribution is 6.30. The van der Waals surface area contributed by atoms with E-state index in [-0.39, 0.29) is 34.7 Å². The fourth-order valence-corrected chi connectivity index (χ4v) is 4.21. The van der Waals surface area contributed by atoms with Crippen LogP contribution < -0.4 is 10.3 Å². The second-order valence-corrected chi connectivity index (χ2v) is 10.3. The molecule has 1 aliphatic heterocycles. The summed E-state index contributed by atoms with van der Waals surface area (Å²) in [6.07, 6.45) is -5.39. The molecule has 37 heavy (non-hydrogen) atoms.